The van der Waals surface area contributed by atoms with Gasteiger partial charge in [-0.2, -0.15) is 4.31 Å². The van der Waals surface area contributed by atoms with E-state index in [1.165, 1.54) is 0 Å². The zero-order valence-corrected chi connectivity index (χ0v) is 15.7. The van der Waals surface area contributed by atoms with Crippen LogP contribution in [0.1, 0.15) is 25.3 Å². The smallest absolute Gasteiger partial charge is 0.243 e. The summed E-state index contributed by atoms with van der Waals surface area (Å²) < 4.78 is 32.8. The number of aryl methyl sites for hydroxylation is 1. The lowest BCUT2D eigenvalue weighted by atomic mass is 9.77. The molecule has 0 bridgehead atoms. The van der Waals surface area contributed by atoms with E-state index >= 15 is 0 Å². The van der Waals surface area contributed by atoms with Crippen LogP contribution in [0.25, 0.3) is 0 Å². The molecule has 2 heterocycles. The van der Waals surface area contributed by atoms with Crippen molar-refractivity contribution in [2.45, 2.75) is 37.1 Å². The Morgan fingerprint density at radius 3 is 2.54 bits per heavy atom. The van der Waals surface area contributed by atoms with Gasteiger partial charge < -0.3 is 4.74 Å². The molecule has 2 fully saturated rings. The lowest BCUT2D eigenvalue weighted by molar-refractivity contribution is -0.0576. The quantitative estimate of drug-likeness (QED) is 0.814. The maximum atomic E-state index is 12.8. The zero-order valence-electron chi connectivity index (χ0n) is 14.9. The number of likely N-dealkylation sites (N-methyl/N-ethyl adjacent to an activating group) is 1. The van der Waals surface area contributed by atoms with Gasteiger partial charge in [-0.05, 0) is 58.3 Å². The molecule has 24 heavy (non-hydrogen) atoms. The van der Waals surface area contributed by atoms with E-state index in [9.17, 15) is 8.42 Å². The predicted octanol–water partition coefficient (Wildman–Crippen LogP) is 2.12. The number of benzene rings is 1. The van der Waals surface area contributed by atoms with Crippen molar-refractivity contribution in [3.8, 4) is 0 Å². The van der Waals surface area contributed by atoms with Gasteiger partial charge >= 0.3 is 0 Å². The highest BCUT2D eigenvalue weighted by molar-refractivity contribution is 7.89. The second-order valence-electron chi connectivity index (χ2n) is 7.25. The molecule has 1 aromatic carbocycles. The molecule has 134 valence electrons. The monoisotopic (exact) mass is 352 g/mol. The fourth-order valence-electron chi connectivity index (χ4n) is 3.85. The van der Waals surface area contributed by atoms with Crippen molar-refractivity contribution in [2.24, 2.45) is 5.92 Å². The second-order valence-corrected chi connectivity index (χ2v) is 9.19. The number of rotatable bonds is 5. The van der Waals surface area contributed by atoms with Crippen LogP contribution in [0.2, 0.25) is 0 Å². The molecular weight excluding hydrogens is 324 g/mol. The Morgan fingerprint density at radius 1 is 1.25 bits per heavy atom. The summed E-state index contributed by atoms with van der Waals surface area (Å²) in [6, 6.07) is 7.12. The maximum Gasteiger partial charge on any atom is 0.243 e. The van der Waals surface area contributed by atoms with E-state index in [-0.39, 0.29) is 5.54 Å². The third-order valence-electron chi connectivity index (χ3n) is 5.51. The first-order chi connectivity index (χ1) is 11.4. The first-order valence-corrected chi connectivity index (χ1v) is 10.2. The Morgan fingerprint density at radius 2 is 1.92 bits per heavy atom. The Hall–Kier alpha value is -0.950. The average Bonchev–Trinajstić information content (AvgIpc) is 2.52. The van der Waals surface area contributed by atoms with E-state index < -0.39 is 10.0 Å². The first kappa shape index (κ1) is 17.9. The van der Waals surface area contributed by atoms with Crippen LogP contribution in [0.5, 0.6) is 0 Å². The molecule has 1 aromatic rings. The number of ether oxygens (including phenoxy) is 1. The number of hydrogen-bond acceptors (Lipinski definition) is 4. The van der Waals surface area contributed by atoms with Crippen LogP contribution < -0.4 is 0 Å². The number of sulfonamides is 1. The highest BCUT2D eigenvalue weighted by Gasteiger charge is 2.53. The molecule has 0 aromatic heterocycles. The van der Waals surface area contributed by atoms with Crippen molar-refractivity contribution >= 4 is 10.0 Å². The second kappa shape index (κ2) is 6.75. The van der Waals surface area contributed by atoms with E-state index in [1.54, 1.807) is 16.4 Å². The topological polar surface area (TPSA) is 49.9 Å². The SMILES string of the molecule is CCOC[C@H]1CCN(C)C2(C1)CN(S(=O)(=O)c1ccc(C)cc1)C2. The summed E-state index contributed by atoms with van der Waals surface area (Å²) in [7, 11) is -1.26. The van der Waals surface area contributed by atoms with E-state index in [4.69, 9.17) is 4.74 Å². The Kier molecular flexibility index (Phi) is 5.02. The fraction of sp³-hybridized carbons (Fsp3) is 0.667. The zero-order chi connectivity index (χ0) is 17.4. The Bertz CT molecular complexity index is 664. The van der Waals surface area contributed by atoms with Gasteiger partial charge in [0.15, 0.2) is 0 Å². The van der Waals surface area contributed by atoms with Crippen LogP contribution in [0, 0.1) is 12.8 Å². The van der Waals surface area contributed by atoms with Gasteiger partial charge in [0.25, 0.3) is 0 Å². The normalized spacial score (nSPS) is 24.9. The minimum atomic E-state index is -3.38. The van der Waals surface area contributed by atoms with Crippen molar-refractivity contribution < 1.29 is 13.2 Å². The van der Waals surface area contributed by atoms with Gasteiger partial charge in [-0.1, -0.05) is 17.7 Å². The van der Waals surface area contributed by atoms with Gasteiger partial charge in [0.2, 0.25) is 10.0 Å². The number of hydrogen-bond donors (Lipinski definition) is 0. The fourth-order valence-corrected chi connectivity index (χ4v) is 5.44. The van der Waals surface area contributed by atoms with Crippen LogP contribution >= 0.6 is 0 Å². The van der Waals surface area contributed by atoms with Crippen molar-refractivity contribution in [1.82, 2.24) is 9.21 Å². The van der Waals surface area contributed by atoms with E-state index in [0.717, 1.165) is 38.2 Å². The van der Waals surface area contributed by atoms with Gasteiger partial charge in [0.05, 0.1) is 4.90 Å². The molecule has 0 unspecified atom stereocenters. The molecule has 5 nitrogen and oxygen atoms in total. The average molecular weight is 353 g/mol. The van der Waals surface area contributed by atoms with Crippen LogP contribution in [0.3, 0.4) is 0 Å². The standard InChI is InChI=1S/C18H28N2O3S/c1-4-23-12-16-9-10-19(3)18(11-16)13-20(14-18)24(21,22)17-7-5-15(2)6-8-17/h5-8,16H,4,9-14H2,1-3H3/t16-/m0/s1. The summed E-state index contributed by atoms with van der Waals surface area (Å²) in [5.41, 5.74) is 1.05. The summed E-state index contributed by atoms with van der Waals surface area (Å²) in [5, 5.41) is 0. The summed E-state index contributed by atoms with van der Waals surface area (Å²) in [6.07, 6.45) is 2.15. The van der Waals surface area contributed by atoms with Crippen molar-refractivity contribution in [1.29, 1.82) is 0 Å². The maximum absolute atomic E-state index is 12.8. The summed E-state index contributed by atoms with van der Waals surface area (Å²) in [5.74, 6) is 0.533. The Labute approximate surface area is 145 Å². The highest BCUT2D eigenvalue weighted by atomic mass is 32.2. The number of nitrogens with zero attached hydrogens (tertiary/aromatic N) is 2. The van der Waals surface area contributed by atoms with Crippen molar-refractivity contribution in [3.05, 3.63) is 29.8 Å². The third kappa shape index (κ3) is 3.25. The minimum Gasteiger partial charge on any atom is -0.381 e. The summed E-state index contributed by atoms with van der Waals surface area (Å²) >= 11 is 0. The van der Waals surface area contributed by atoms with E-state index in [2.05, 4.69) is 11.9 Å². The van der Waals surface area contributed by atoms with Crippen LogP contribution in [0.4, 0.5) is 0 Å². The molecule has 2 saturated heterocycles. The molecule has 1 atom stereocenters. The van der Waals surface area contributed by atoms with E-state index in [0.29, 0.717) is 23.9 Å². The van der Waals surface area contributed by atoms with Gasteiger partial charge in [0, 0.05) is 31.8 Å². The van der Waals surface area contributed by atoms with Crippen molar-refractivity contribution in [3.63, 3.8) is 0 Å². The first-order valence-electron chi connectivity index (χ1n) is 8.73. The molecule has 6 heteroatoms. The molecule has 3 rings (SSSR count). The molecule has 0 aliphatic carbocycles. The third-order valence-corrected chi connectivity index (χ3v) is 7.31. The van der Waals surface area contributed by atoms with Crippen LogP contribution in [-0.2, 0) is 14.8 Å². The summed E-state index contributed by atoms with van der Waals surface area (Å²) in [4.78, 5) is 2.74. The molecule has 2 aliphatic heterocycles. The van der Waals surface area contributed by atoms with Gasteiger partial charge in [-0.3, -0.25) is 4.90 Å². The van der Waals surface area contributed by atoms with E-state index in [1.807, 2.05) is 26.0 Å². The lowest BCUT2D eigenvalue weighted by Crippen LogP contribution is -2.72. The number of likely N-dealkylation sites (tertiary alicyclic amines) is 1. The van der Waals surface area contributed by atoms with Gasteiger partial charge in [-0.15, -0.1) is 0 Å². The molecular formula is C18H28N2O3S. The largest absolute Gasteiger partial charge is 0.381 e. The highest BCUT2D eigenvalue weighted by Crippen LogP contribution is 2.40. The lowest BCUT2D eigenvalue weighted by Gasteiger charge is -2.57. The molecule has 1 spiro atoms. The molecule has 0 radical (unpaired) electrons. The summed E-state index contributed by atoms with van der Waals surface area (Å²) in [6.45, 7) is 7.69. The Balaban J connectivity index is 1.69. The molecule has 0 N–H and O–H groups in total. The minimum absolute atomic E-state index is 0.0161. The number of piperidine rings is 1. The molecule has 0 saturated carbocycles. The molecule has 0 amide bonds. The van der Waals surface area contributed by atoms with Gasteiger partial charge in [0.1, 0.15) is 0 Å². The molecule has 2 aliphatic rings. The predicted molar refractivity (Wildman–Crippen MR) is 94.5 cm³/mol. The van der Waals surface area contributed by atoms with Crippen LogP contribution in [-0.4, -0.2) is 63.1 Å². The van der Waals surface area contributed by atoms with Crippen molar-refractivity contribution in [2.75, 3.05) is 39.9 Å². The van der Waals surface area contributed by atoms with Crippen LogP contribution in [0.15, 0.2) is 29.2 Å². The van der Waals surface area contributed by atoms with Gasteiger partial charge in [-0.25, -0.2) is 8.42 Å².